The molecular weight excluding hydrogens is 821 g/mol. The van der Waals surface area contributed by atoms with Crippen LogP contribution >= 0.6 is 0 Å². The highest BCUT2D eigenvalue weighted by Gasteiger charge is 2.59. The van der Waals surface area contributed by atoms with Crippen LogP contribution in [0.1, 0.15) is 105 Å². The smallest absolute Gasteiger partial charge is 0.306 e. The van der Waals surface area contributed by atoms with Crippen LogP contribution in [0.5, 0.6) is 5.75 Å². The zero-order valence-corrected chi connectivity index (χ0v) is 42.8. The summed E-state index contributed by atoms with van der Waals surface area (Å²) in [6.45, 7) is 29.7. The van der Waals surface area contributed by atoms with Crippen LogP contribution in [0.3, 0.4) is 0 Å². The number of benzene rings is 3. The Hall–Kier alpha value is -3.72. The van der Waals surface area contributed by atoms with Crippen molar-refractivity contribution < 1.29 is 28.2 Å². The van der Waals surface area contributed by atoms with Crippen LogP contribution in [0.15, 0.2) is 59.6 Å². The Bertz CT molecular complexity index is 2120. The molecule has 1 spiro atoms. The molecule has 3 aromatic carbocycles. The number of carbonyl (C=O) groups is 2. The van der Waals surface area contributed by atoms with E-state index in [1.165, 1.54) is 24.4 Å². The second-order valence-corrected chi connectivity index (χ2v) is 30.2. The zero-order valence-electron chi connectivity index (χ0n) is 40.8. The maximum absolute atomic E-state index is 13.3. The maximum Gasteiger partial charge on any atom is 0.306 e. The van der Waals surface area contributed by atoms with E-state index in [0.717, 1.165) is 59.3 Å². The van der Waals surface area contributed by atoms with Crippen molar-refractivity contribution in [1.82, 2.24) is 4.90 Å². The fourth-order valence-corrected chi connectivity index (χ4v) is 18.1. The Kier molecular flexibility index (Phi) is 15.0. The van der Waals surface area contributed by atoms with Gasteiger partial charge in [-0.25, -0.2) is 0 Å². The number of para-hydroxylation sites is 1. The number of amides is 1. The number of hydrogen-bond acceptors (Lipinski definition) is 9. The normalized spacial score (nSPS) is 20.3. The number of fused-ring (bicyclic) bond motifs is 4. The standard InChI is InChI=1S/C51H78N4O6Si2/c1-13-16-36-62(9,10)50(7,15-3)61-63(11,12)49(6,14-2)28-21-33-58-34-35-59-46(57)27-26-45(56)55-31-29-54(30-32-55)43-37-44-47(40-23-18-17-22-39(40)43)52-38-51(60-44)48(4,5)41-24-19-20-25-42(41)53(51)8/h17-20,22-25,37-38H,13-16,21,26-36H2,1-12H3. The van der Waals surface area contributed by atoms with Crippen LogP contribution in [-0.2, 0) is 28.9 Å². The minimum absolute atomic E-state index is 0.0237. The van der Waals surface area contributed by atoms with Gasteiger partial charge in [-0.2, -0.15) is 0 Å². The molecule has 3 aliphatic rings. The lowest BCUT2D eigenvalue weighted by Crippen LogP contribution is -2.61. The van der Waals surface area contributed by atoms with Crippen molar-refractivity contribution in [3.8, 4) is 5.75 Å². The minimum Gasteiger partial charge on any atom is -0.463 e. The highest BCUT2D eigenvalue weighted by molar-refractivity contribution is 6.82. The number of nitrogens with zero attached hydrogens (tertiary/aromatic N) is 4. The number of carbonyl (C=O) groups excluding carboxylic acids is 2. The predicted octanol–water partition coefficient (Wildman–Crippen LogP) is 11.4. The first-order valence-corrected chi connectivity index (χ1v) is 30.0. The second kappa shape index (κ2) is 19.4. The van der Waals surface area contributed by atoms with Crippen molar-refractivity contribution in [2.75, 3.05) is 62.8 Å². The summed E-state index contributed by atoms with van der Waals surface area (Å²) in [5.41, 5.74) is 3.15. The number of aliphatic imine (C=N–C) groups is 1. The topological polar surface area (TPSA) is 93.1 Å². The summed E-state index contributed by atoms with van der Waals surface area (Å²) in [5.74, 6) is 0.369. The first-order valence-electron chi connectivity index (χ1n) is 23.9. The van der Waals surface area contributed by atoms with Crippen molar-refractivity contribution >= 4 is 62.3 Å². The van der Waals surface area contributed by atoms with Crippen LogP contribution < -0.4 is 14.5 Å². The lowest BCUT2D eigenvalue weighted by Gasteiger charge is -2.52. The van der Waals surface area contributed by atoms with Gasteiger partial charge in [-0.3, -0.25) is 14.6 Å². The number of anilines is 2. The van der Waals surface area contributed by atoms with E-state index in [1.807, 2.05) is 17.2 Å². The molecule has 3 unspecified atom stereocenters. The number of hydrogen-bond donors (Lipinski definition) is 0. The average Bonchev–Trinajstić information content (AvgIpc) is 3.43. The van der Waals surface area contributed by atoms with Gasteiger partial charge in [-0.1, -0.05) is 109 Å². The molecule has 0 saturated carbocycles. The number of esters is 1. The third-order valence-electron chi connectivity index (χ3n) is 15.9. The fraction of sp³-hybridized carbons (Fsp3) is 0.627. The minimum atomic E-state index is -2.07. The van der Waals surface area contributed by atoms with E-state index in [-0.39, 0.29) is 47.0 Å². The summed E-state index contributed by atoms with van der Waals surface area (Å²) < 4.78 is 25.9. The molecule has 3 atom stereocenters. The number of likely N-dealkylation sites (N-methyl/N-ethyl adjacent to an activating group) is 1. The summed E-state index contributed by atoms with van der Waals surface area (Å²) in [6.07, 6.45) is 8.84. The van der Waals surface area contributed by atoms with Crippen molar-refractivity contribution in [1.29, 1.82) is 0 Å². The van der Waals surface area contributed by atoms with E-state index >= 15 is 0 Å². The fourth-order valence-electron chi connectivity index (χ4n) is 10.3. The summed E-state index contributed by atoms with van der Waals surface area (Å²) in [6, 6.07) is 20.3. The average molecular weight is 899 g/mol. The van der Waals surface area contributed by atoms with E-state index < -0.39 is 22.1 Å². The van der Waals surface area contributed by atoms with Crippen LogP contribution in [0.25, 0.3) is 10.8 Å². The molecule has 0 N–H and O–H groups in total. The third-order valence-corrected chi connectivity index (χ3v) is 25.5. The van der Waals surface area contributed by atoms with E-state index in [9.17, 15) is 9.59 Å². The molecule has 1 saturated heterocycles. The molecule has 63 heavy (non-hydrogen) atoms. The van der Waals surface area contributed by atoms with Gasteiger partial charge in [0.1, 0.15) is 12.3 Å². The highest BCUT2D eigenvalue weighted by Crippen LogP contribution is 2.55. The molecule has 0 radical (unpaired) electrons. The molecular formula is C51H78N4O6Si2. The van der Waals surface area contributed by atoms with Gasteiger partial charge < -0.3 is 33.3 Å². The SMILES string of the molecule is CCCC[Si](C)(C)C(C)(CC)O[Si](C)(C)C(C)(CC)CCCOCCOC(=O)CCC(=O)N1CCN(c2cc3c(c4ccccc24)N=CC2(O3)N(C)c3ccccc3C2(C)C)CC1. The molecule has 0 aliphatic carbocycles. The molecule has 12 heteroatoms. The Balaban J connectivity index is 0.943. The predicted molar refractivity (Wildman–Crippen MR) is 265 cm³/mol. The molecule has 10 nitrogen and oxygen atoms in total. The summed E-state index contributed by atoms with van der Waals surface area (Å²) in [4.78, 5) is 37.5. The molecule has 3 heterocycles. The van der Waals surface area contributed by atoms with Crippen molar-refractivity contribution in [3.63, 3.8) is 0 Å². The summed E-state index contributed by atoms with van der Waals surface area (Å²) >= 11 is 0. The van der Waals surface area contributed by atoms with Gasteiger partial charge in [-0.05, 0) is 69.8 Å². The van der Waals surface area contributed by atoms with Gasteiger partial charge in [0.15, 0.2) is 14.1 Å². The van der Waals surface area contributed by atoms with Crippen molar-refractivity contribution in [3.05, 3.63) is 60.2 Å². The molecule has 1 fully saturated rings. The van der Waals surface area contributed by atoms with Crippen LogP contribution in [0, 0.1) is 0 Å². The van der Waals surface area contributed by atoms with E-state index in [4.69, 9.17) is 23.6 Å². The summed E-state index contributed by atoms with van der Waals surface area (Å²) in [5, 5.41) is 2.26. The Morgan fingerprint density at radius 3 is 2.19 bits per heavy atom. The van der Waals surface area contributed by atoms with E-state index in [0.29, 0.717) is 39.4 Å². The van der Waals surface area contributed by atoms with Crippen LogP contribution in [-0.4, -0.2) is 103 Å². The van der Waals surface area contributed by atoms with Crippen LogP contribution in [0.2, 0.25) is 37.3 Å². The molecule has 346 valence electrons. The van der Waals surface area contributed by atoms with Crippen molar-refractivity contribution in [2.24, 2.45) is 4.99 Å². The van der Waals surface area contributed by atoms with Gasteiger partial charge in [0.05, 0.1) is 32.7 Å². The number of ether oxygens (including phenoxy) is 3. The van der Waals surface area contributed by atoms with Crippen LogP contribution in [0.4, 0.5) is 17.1 Å². The van der Waals surface area contributed by atoms with Gasteiger partial charge in [0, 0.05) is 79.7 Å². The lowest BCUT2D eigenvalue weighted by molar-refractivity contribution is -0.147. The monoisotopic (exact) mass is 899 g/mol. The molecule has 3 aliphatic heterocycles. The molecule has 0 aromatic heterocycles. The third kappa shape index (κ3) is 9.52. The Labute approximate surface area is 381 Å². The van der Waals surface area contributed by atoms with Crippen molar-refractivity contribution in [2.45, 2.75) is 153 Å². The molecule has 0 bridgehead atoms. The van der Waals surface area contributed by atoms with E-state index in [2.05, 4.69) is 140 Å². The van der Waals surface area contributed by atoms with Gasteiger partial charge in [0.25, 0.3) is 0 Å². The molecule has 6 rings (SSSR count). The Morgan fingerprint density at radius 2 is 1.52 bits per heavy atom. The number of unbranched alkanes of at least 4 members (excludes halogenated alkanes) is 1. The lowest BCUT2D eigenvalue weighted by atomic mass is 9.77. The molecule has 3 aromatic rings. The first kappa shape index (κ1) is 48.7. The van der Waals surface area contributed by atoms with Gasteiger partial charge >= 0.3 is 5.97 Å². The number of rotatable bonds is 20. The summed E-state index contributed by atoms with van der Waals surface area (Å²) in [7, 11) is -1.58. The van der Waals surface area contributed by atoms with E-state index in [1.54, 1.807) is 0 Å². The maximum atomic E-state index is 13.3. The Morgan fingerprint density at radius 1 is 0.841 bits per heavy atom. The second-order valence-electron chi connectivity index (χ2n) is 20.4. The highest BCUT2D eigenvalue weighted by atomic mass is 28.4. The van der Waals surface area contributed by atoms with Gasteiger partial charge in [-0.15, -0.1) is 0 Å². The number of piperazine rings is 1. The molecule has 1 amide bonds. The first-order chi connectivity index (χ1) is 29.8. The quantitative estimate of drug-likeness (QED) is 0.0629. The van der Waals surface area contributed by atoms with Gasteiger partial charge in [0.2, 0.25) is 11.6 Å². The largest absolute Gasteiger partial charge is 0.463 e. The zero-order chi connectivity index (χ0) is 45.8.